The number of hydrogen-bond donors (Lipinski definition) is 2. The van der Waals surface area contributed by atoms with Gasteiger partial charge in [0.2, 0.25) is 11.8 Å². The van der Waals surface area contributed by atoms with E-state index in [1.54, 1.807) is 40.6 Å². The maximum Gasteiger partial charge on any atom is 0.409 e. The van der Waals surface area contributed by atoms with Gasteiger partial charge in [0.05, 0.1) is 27.5 Å². The van der Waals surface area contributed by atoms with Gasteiger partial charge in [-0.1, -0.05) is 42.3 Å². The Morgan fingerprint density at radius 1 is 0.885 bits per heavy atom. The van der Waals surface area contributed by atoms with Crippen molar-refractivity contribution in [2.75, 3.05) is 63.9 Å². The molecule has 10 heterocycles. The molecule has 0 spiro atoms. The summed E-state index contributed by atoms with van der Waals surface area (Å²) in [5.41, 5.74) is 2.52. The first kappa shape index (κ1) is 50.5. The molecule has 3 aromatic carbocycles. The number of aryl methyl sites for hydroxylation is 1. The molecule has 0 saturated carbocycles. The highest BCUT2D eigenvalue weighted by Crippen LogP contribution is 2.44. The number of likely N-dealkylation sites (tertiary alicyclic amines) is 2. The van der Waals surface area contributed by atoms with E-state index in [0.717, 1.165) is 94.9 Å². The van der Waals surface area contributed by atoms with E-state index in [1.165, 1.54) is 6.07 Å². The van der Waals surface area contributed by atoms with Crippen LogP contribution in [0.4, 0.5) is 19.4 Å². The maximum absolute atomic E-state index is 17.2. The highest BCUT2D eigenvalue weighted by atomic mass is 19.1. The number of aromatic nitrogens is 5. The van der Waals surface area contributed by atoms with Gasteiger partial charge in [-0.05, 0) is 125 Å². The van der Waals surface area contributed by atoms with Crippen molar-refractivity contribution in [2.24, 2.45) is 18.9 Å². The fraction of sp³-hybridized carbons (Fsp3) is 0.508. The molecule has 17 nitrogen and oxygen atoms in total. The quantitative estimate of drug-likeness (QED) is 0.103. The van der Waals surface area contributed by atoms with Gasteiger partial charge in [0.25, 0.3) is 0 Å². The molecule has 6 aromatic rings. The molecule has 7 aliphatic heterocycles. The van der Waals surface area contributed by atoms with E-state index in [2.05, 4.69) is 42.3 Å². The number of pyridine rings is 1. The SMILES string of the molecule is C#Cc1c(F)ccc2cccc(-c3ncc4c(N5CC6CCC(C5)N6)nc(OC[C@@]56CCCN5[C@H](COC(=O)N5CCC(C7CCN(Cc8cccc9c8n(C)c(=O)n9C8CCC(=O)NC8=O)CC7)CC5)CC6)nc4c3F)c12. The topological polar surface area (TPSA) is 172 Å². The number of piperidine rings is 3. The molecular formula is C59H65F2N11O6. The van der Waals surface area contributed by atoms with Crippen LogP contribution in [0.2, 0.25) is 0 Å². The number of ether oxygens (including phenoxy) is 2. The standard InChI is InChI=1S/C59H65F2N11O6/c1-3-42-45(60)14-11-37-7-4-9-43(49(37)42)51-50(61)52-44(29-62-51)54(70-31-39-12-13-40(32-70)63-39)66-56(65-52)78-34-59-22-6-24-71(59)41(17-23-59)33-77-58(76)69-27-20-36(21-28-69)35-18-25-68(26-19-35)30-38-8-5-10-46-53(38)67(2)57(75)72(46)47-15-16-48(73)64-55(47)74/h1,4-5,7-11,14,29,35-36,39-41,47,63H,6,12-13,15-28,30-34H2,2H3,(H,64,73,74)/t39?,40?,41-,47?,59-/m0/s1. The van der Waals surface area contributed by atoms with E-state index in [1.807, 2.05) is 23.1 Å². The summed E-state index contributed by atoms with van der Waals surface area (Å²) in [5, 5.41) is 7.63. The Balaban J connectivity index is 0.634. The summed E-state index contributed by atoms with van der Waals surface area (Å²) in [7, 11) is 1.75. The number of imide groups is 1. The summed E-state index contributed by atoms with van der Waals surface area (Å²) in [6.45, 7) is 6.76. The molecule has 3 unspecified atom stereocenters. The van der Waals surface area contributed by atoms with Gasteiger partial charge in [0.1, 0.15) is 42.1 Å². The summed E-state index contributed by atoms with van der Waals surface area (Å²) in [4.78, 5) is 75.2. The molecule has 19 heteroatoms. The number of amides is 3. The number of hydrogen-bond acceptors (Lipinski definition) is 13. The van der Waals surface area contributed by atoms with Crippen LogP contribution >= 0.6 is 0 Å². The Morgan fingerprint density at radius 2 is 1.65 bits per heavy atom. The number of rotatable bonds is 11. The van der Waals surface area contributed by atoms with Crippen LogP contribution in [0, 0.1) is 35.8 Å². The van der Waals surface area contributed by atoms with Crippen LogP contribution in [0.1, 0.15) is 94.2 Å². The molecule has 7 fully saturated rings. The van der Waals surface area contributed by atoms with E-state index in [0.29, 0.717) is 109 Å². The number of para-hydroxylation sites is 1. The average molecular weight is 1060 g/mol. The highest BCUT2D eigenvalue weighted by Gasteiger charge is 2.50. The molecule has 0 radical (unpaired) electrons. The van der Waals surface area contributed by atoms with Crippen molar-refractivity contribution >= 4 is 56.4 Å². The van der Waals surface area contributed by atoms with E-state index >= 15 is 8.78 Å². The number of terminal acetylenes is 1. The van der Waals surface area contributed by atoms with Gasteiger partial charge >= 0.3 is 17.8 Å². The van der Waals surface area contributed by atoms with Gasteiger partial charge in [-0.3, -0.25) is 38.8 Å². The van der Waals surface area contributed by atoms with Gasteiger partial charge in [-0.15, -0.1) is 6.42 Å². The fourth-order valence-electron chi connectivity index (χ4n) is 14.7. The normalized spacial score (nSPS) is 25.3. The summed E-state index contributed by atoms with van der Waals surface area (Å²) < 4.78 is 48.2. The first-order valence-electron chi connectivity index (χ1n) is 28.0. The number of imidazole rings is 1. The maximum atomic E-state index is 17.2. The minimum absolute atomic E-state index is 0.0170. The third kappa shape index (κ3) is 8.93. The van der Waals surface area contributed by atoms with Gasteiger partial charge < -0.3 is 24.6 Å². The Hall–Kier alpha value is -7.01. The Bertz CT molecular complexity index is 3480. The second-order valence-corrected chi connectivity index (χ2v) is 23.0. The molecule has 7 saturated heterocycles. The van der Waals surface area contributed by atoms with Crippen molar-refractivity contribution in [1.82, 2.24) is 49.4 Å². The van der Waals surface area contributed by atoms with E-state index in [4.69, 9.17) is 25.9 Å². The van der Waals surface area contributed by atoms with Crippen LogP contribution in [-0.2, 0) is 27.9 Å². The van der Waals surface area contributed by atoms with Crippen molar-refractivity contribution < 1.29 is 32.6 Å². The molecule has 2 bridgehead atoms. The van der Waals surface area contributed by atoms with E-state index < -0.39 is 23.6 Å². The van der Waals surface area contributed by atoms with Gasteiger partial charge in [-0.25, -0.2) is 18.4 Å². The lowest BCUT2D eigenvalue weighted by atomic mass is 9.79. The number of nitrogens with one attached hydrogen (secondary N) is 2. The minimum Gasteiger partial charge on any atom is -0.461 e. The zero-order valence-electron chi connectivity index (χ0n) is 44.0. The van der Waals surface area contributed by atoms with Crippen LogP contribution in [0.5, 0.6) is 6.01 Å². The predicted molar refractivity (Wildman–Crippen MR) is 290 cm³/mol. The van der Waals surface area contributed by atoms with E-state index in [9.17, 15) is 19.2 Å². The van der Waals surface area contributed by atoms with Crippen molar-refractivity contribution in [1.29, 1.82) is 0 Å². The first-order valence-corrected chi connectivity index (χ1v) is 28.0. The zero-order chi connectivity index (χ0) is 53.4. The monoisotopic (exact) mass is 1060 g/mol. The lowest BCUT2D eigenvalue weighted by Gasteiger charge is -2.40. The molecule has 406 valence electrons. The number of carbonyl (C=O) groups is 3. The lowest BCUT2D eigenvalue weighted by molar-refractivity contribution is -0.135. The number of benzene rings is 3. The van der Waals surface area contributed by atoms with Crippen molar-refractivity contribution in [2.45, 2.75) is 113 Å². The second kappa shape index (κ2) is 20.3. The van der Waals surface area contributed by atoms with Crippen LogP contribution in [0.15, 0.2) is 59.5 Å². The Morgan fingerprint density at radius 3 is 2.42 bits per heavy atom. The van der Waals surface area contributed by atoms with Gasteiger partial charge in [-0.2, -0.15) is 9.97 Å². The van der Waals surface area contributed by atoms with Crippen molar-refractivity contribution in [3.8, 4) is 29.6 Å². The largest absolute Gasteiger partial charge is 0.461 e. The number of halogens is 2. The molecule has 78 heavy (non-hydrogen) atoms. The Labute approximate surface area is 450 Å². The van der Waals surface area contributed by atoms with E-state index in [-0.39, 0.29) is 58.5 Å². The van der Waals surface area contributed by atoms with Crippen LogP contribution in [0.3, 0.4) is 0 Å². The summed E-state index contributed by atoms with van der Waals surface area (Å²) in [6, 6.07) is 14.1. The van der Waals surface area contributed by atoms with Crippen molar-refractivity contribution in [3.05, 3.63) is 88.0 Å². The predicted octanol–water partition coefficient (Wildman–Crippen LogP) is 6.81. The lowest BCUT2D eigenvalue weighted by Crippen LogP contribution is -2.51. The molecule has 7 aliphatic rings. The molecule has 13 rings (SSSR count). The molecule has 2 N–H and O–H groups in total. The second-order valence-electron chi connectivity index (χ2n) is 23.0. The number of anilines is 1. The number of carbonyl (C=O) groups excluding carboxylic acids is 3. The number of fused-ring (bicyclic) bond motifs is 6. The minimum atomic E-state index is -0.718. The highest BCUT2D eigenvalue weighted by molar-refractivity contribution is 6.02. The molecule has 3 amide bonds. The average Bonchev–Trinajstić information content (AvgIpc) is 4.21. The number of nitrogens with zero attached hydrogens (tertiary/aromatic N) is 9. The summed E-state index contributed by atoms with van der Waals surface area (Å²) >= 11 is 0. The summed E-state index contributed by atoms with van der Waals surface area (Å²) in [6.07, 6.45) is 17.4. The third-order valence-electron chi connectivity index (χ3n) is 18.7. The molecule has 5 atom stereocenters. The zero-order valence-corrected chi connectivity index (χ0v) is 44.0. The van der Waals surface area contributed by atoms with Crippen LogP contribution in [-0.4, -0.2) is 139 Å². The molecule has 3 aromatic heterocycles. The van der Waals surface area contributed by atoms with Crippen LogP contribution < -0.4 is 26.0 Å². The van der Waals surface area contributed by atoms with Crippen LogP contribution in [0.25, 0.3) is 44.0 Å². The first-order chi connectivity index (χ1) is 37.9. The Kier molecular flexibility index (Phi) is 13.2. The molecular weight excluding hydrogens is 997 g/mol. The fourth-order valence-corrected chi connectivity index (χ4v) is 14.7. The van der Waals surface area contributed by atoms with Crippen molar-refractivity contribution in [3.63, 3.8) is 0 Å². The summed E-state index contributed by atoms with van der Waals surface area (Å²) in [5.74, 6) is 2.18. The third-order valence-corrected chi connectivity index (χ3v) is 18.7. The van der Waals surface area contributed by atoms with Gasteiger partial charge in [0.15, 0.2) is 5.82 Å². The smallest absolute Gasteiger partial charge is 0.409 e. The number of piperazine rings is 1. The van der Waals surface area contributed by atoms with Gasteiger partial charge in [0, 0.05) is 81.5 Å². The molecule has 0 aliphatic carbocycles.